The molecule has 1 atom stereocenters. The van der Waals surface area contributed by atoms with E-state index in [1.807, 2.05) is 6.92 Å². The number of hydrogen-bond acceptors (Lipinski definition) is 3. The standard InChI is InChI=1S/C11H20N2O3/c1-2-3-9(5-11(15)16)13-10(14)4-8-6-12-7-8/h8-9,12H,2-7H2,1H3,(H,13,14)(H,15,16). The molecule has 0 aromatic heterocycles. The van der Waals surface area contributed by atoms with Crippen molar-refractivity contribution in [2.45, 2.75) is 38.6 Å². The Balaban J connectivity index is 2.27. The van der Waals surface area contributed by atoms with Gasteiger partial charge < -0.3 is 15.7 Å². The van der Waals surface area contributed by atoms with Crippen LogP contribution in [0, 0.1) is 5.92 Å². The van der Waals surface area contributed by atoms with Crippen molar-refractivity contribution in [3.8, 4) is 0 Å². The Labute approximate surface area is 95.6 Å². The van der Waals surface area contributed by atoms with Crippen molar-refractivity contribution in [3.63, 3.8) is 0 Å². The molecule has 1 heterocycles. The molecule has 92 valence electrons. The first-order valence-corrected chi connectivity index (χ1v) is 5.83. The van der Waals surface area contributed by atoms with Crippen LogP contribution in [-0.2, 0) is 9.59 Å². The number of hydrogen-bond donors (Lipinski definition) is 3. The molecule has 0 saturated carbocycles. The van der Waals surface area contributed by atoms with Crippen LogP contribution in [0.2, 0.25) is 0 Å². The van der Waals surface area contributed by atoms with Gasteiger partial charge in [0.1, 0.15) is 0 Å². The molecule has 3 N–H and O–H groups in total. The van der Waals surface area contributed by atoms with E-state index in [0.29, 0.717) is 12.3 Å². The molecule has 5 heteroatoms. The lowest BCUT2D eigenvalue weighted by Gasteiger charge is -2.27. The molecule has 1 fully saturated rings. The first-order chi connectivity index (χ1) is 7.61. The molecule has 0 aromatic carbocycles. The summed E-state index contributed by atoms with van der Waals surface area (Å²) in [4.78, 5) is 22.2. The summed E-state index contributed by atoms with van der Waals surface area (Å²) in [6.07, 6.45) is 2.12. The zero-order valence-corrected chi connectivity index (χ0v) is 9.66. The zero-order valence-electron chi connectivity index (χ0n) is 9.66. The number of rotatable bonds is 7. The summed E-state index contributed by atoms with van der Waals surface area (Å²) >= 11 is 0. The minimum atomic E-state index is -0.857. The van der Waals surface area contributed by atoms with Crippen molar-refractivity contribution in [3.05, 3.63) is 0 Å². The van der Waals surface area contributed by atoms with Gasteiger partial charge in [0.05, 0.1) is 6.42 Å². The Hall–Kier alpha value is -1.10. The fraction of sp³-hybridized carbons (Fsp3) is 0.818. The lowest BCUT2D eigenvalue weighted by Crippen LogP contribution is -2.46. The SMILES string of the molecule is CCCC(CC(=O)O)NC(=O)CC1CNC1. The minimum absolute atomic E-state index is 0.0164. The molecule has 0 aliphatic carbocycles. The van der Waals surface area contributed by atoms with Crippen LogP contribution in [0.25, 0.3) is 0 Å². The maximum absolute atomic E-state index is 11.6. The third-order valence-corrected chi connectivity index (χ3v) is 2.76. The highest BCUT2D eigenvalue weighted by Crippen LogP contribution is 2.09. The maximum atomic E-state index is 11.6. The van der Waals surface area contributed by atoms with Gasteiger partial charge in [0.2, 0.25) is 5.91 Å². The number of carboxylic acids is 1. The first-order valence-electron chi connectivity index (χ1n) is 5.83. The van der Waals surface area contributed by atoms with Gasteiger partial charge in [-0.1, -0.05) is 13.3 Å². The summed E-state index contributed by atoms with van der Waals surface area (Å²) in [7, 11) is 0. The van der Waals surface area contributed by atoms with Crippen LogP contribution >= 0.6 is 0 Å². The summed E-state index contributed by atoms with van der Waals surface area (Å²) < 4.78 is 0. The molecular weight excluding hydrogens is 208 g/mol. The molecule has 1 unspecified atom stereocenters. The maximum Gasteiger partial charge on any atom is 0.305 e. The van der Waals surface area contributed by atoms with Crippen molar-refractivity contribution in [1.29, 1.82) is 0 Å². The molecule has 1 rings (SSSR count). The molecule has 0 bridgehead atoms. The average molecular weight is 228 g/mol. The van der Waals surface area contributed by atoms with Gasteiger partial charge in [-0.3, -0.25) is 9.59 Å². The van der Waals surface area contributed by atoms with Crippen LogP contribution in [0.4, 0.5) is 0 Å². The molecule has 1 saturated heterocycles. The smallest absolute Gasteiger partial charge is 0.305 e. The zero-order chi connectivity index (χ0) is 12.0. The van der Waals surface area contributed by atoms with Gasteiger partial charge in [0.25, 0.3) is 0 Å². The fourth-order valence-corrected chi connectivity index (χ4v) is 1.83. The number of carboxylic acid groups (broad SMARTS) is 1. The number of amides is 1. The van der Waals surface area contributed by atoms with Crippen LogP contribution < -0.4 is 10.6 Å². The normalized spacial score (nSPS) is 17.6. The van der Waals surface area contributed by atoms with Crippen molar-refractivity contribution in [2.24, 2.45) is 5.92 Å². The van der Waals surface area contributed by atoms with E-state index in [9.17, 15) is 9.59 Å². The highest BCUT2D eigenvalue weighted by atomic mass is 16.4. The van der Waals surface area contributed by atoms with E-state index in [4.69, 9.17) is 5.11 Å². The molecule has 1 aliphatic heterocycles. The number of aliphatic carboxylic acids is 1. The van der Waals surface area contributed by atoms with E-state index < -0.39 is 5.97 Å². The van der Waals surface area contributed by atoms with E-state index >= 15 is 0 Å². The second-order valence-corrected chi connectivity index (χ2v) is 4.38. The monoisotopic (exact) mass is 228 g/mol. The van der Waals surface area contributed by atoms with Crippen LogP contribution in [0.1, 0.15) is 32.6 Å². The van der Waals surface area contributed by atoms with E-state index in [0.717, 1.165) is 25.9 Å². The van der Waals surface area contributed by atoms with Crippen LogP contribution in [0.15, 0.2) is 0 Å². The highest BCUT2D eigenvalue weighted by molar-refractivity contribution is 5.77. The Bertz CT molecular complexity index is 252. The topological polar surface area (TPSA) is 78.4 Å². The Morgan fingerprint density at radius 3 is 2.62 bits per heavy atom. The summed E-state index contributed by atoms with van der Waals surface area (Å²) in [5.41, 5.74) is 0. The predicted molar refractivity (Wildman–Crippen MR) is 60.1 cm³/mol. The molecule has 1 aliphatic rings. The van der Waals surface area contributed by atoms with E-state index in [-0.39, 0.29) is 18.4 Å². The quantitative estimate of drug-likeness (QED) is 0.587. The summed E-state index contributed by atoms with van der Waals surface area (Å²) in [5.74, 6) is -0.456. The summed E-state index contributed by atoms with van der Waals surface area (Å²) in [6.45, 7) is 3.77. The van der Waals surface area contributed by atoms with Gasteiger partial charge in [0, 0.05) is 12.5 Å². The van der Waals surface area contributed by atoms with E-state index in [1.165, 1.54) is 0 Å². The minimum Gasteiger partial charge on any atom is -0.481 e. The number of carbonyl (C=O) groups excluding carboxylic acids is 1. The van der Waals surface area contributed by atoms with Crippen molar-refractivity contribution < 1.29 is 14.7 Å². The second-order valence-electron chi connectivity index (χ2n) is 4.38. The number of carbonyl (C=O) groups is 2. The van der Waals surface area contributed by atoms with Gasteiger partial charge in [-0.25, -0.2) is 0 Å². The largest absolute Gasteiger partial charge is 0.481 e. The lowest BCUT2D eigenvalue weighted by atomic mass is 9.98. The molecule has 0 radical (unpaired) electrons. The van der Waals surface area contributed by atoms with Crippen LogP contribution in [0.5, 0.6) is 0 Å². The van der Waals surface area contributed by atoms with E-state index in [1.54, 1.807) is 0 Å². The van der Waals surface area contributed by atoms with Crippen LogP contribution in [0.3, 0.4) is 0 Å². The van der Waals surface area contributed by atoms with Gasteiger partial charge in [-0.05, 0) is 25.4 Å². The van der Waals surface area contributed by atoms with Crippen LogP contribution in [-0.4, -0.2) is 36.1 Å². The summed E-state index contributed by atoms with van der Waals surface area (Å²) in [5, 5.41) is 14.6. The van der Waals surface area contributed by atoms with Crippen molar-refractivity contribution in [1.82, 2.24) is 10.6 Å². The molecule has 0 spiro atoms. The van der Waals surface area contributed by atoms with Gasteiger partial charge in [-0.15, -0.1) is 0 Å². The van der Waals surface area contributed by atoms with Crippen molar-refractivity contribution in [2.75, 3.05) is 13.1 Å². The van der Waals surface area contributed by atoms with Crippen molar-refractivity contribution >= 4 is 11.9 Å². The first kappa shape index (κ1) is 13.0. The third-order valence-electron chi connectivity index (χ3n) is 2.76. The van der Waals surface area contributed by atoms with Gasteiger partial charge in [0.15, 0.2) is 0 Å². The average Bonchev–Trinajstić information content (AvgIpc) is 2.11. The Kier molecular flexibility index (Phi) is 5.25. The molecule has 0 aromatic rings. The summed E-state index contributed by atoms with van der Waals surface area (Å²) in [6, 6.07) is -0.219. The lowest BCUT2D eigenvalue weighted by molar-refractivity contribution is -0.137. The Morgan fingerprint density at radius 2 is 2.19 bits per heavy atom. The molecular formula is C11H20N2O3. The highest BCUT2D eigenvalue weighted by Gasteiger charge is 2.22. The van der Waals surface area contributed by atoms with Gasteiger partial charge in [-0.2, -0.15) is 0 Å². The third kappa shape index (κ3) is 4.61. The molecule has 1 amide bonds. The molecule has 16 heavy (non-hydrogen) atoms. The van der Waals surface area contributed by atoms with E-state index in [2.05, 4.69) is 10.6 Å². The second kappa shape index (κ2) is 6.48. The molecule has 5 nitrogen and oxygen atoms in total. The Morgan fingerprint density at radius 1 is 1.50 bits per heavy atom. The fourth-order valence-electron chi connectivity index (χ4n) is 1.83. The van der Waals surface area contributed by atoms with Gasteiger partial charge >= 0.3 is 5.97 Å². The number of nitrogens with one attached hydrogen (secondary N) is 2. The predicted octanol–water partition coefficient (Wildman–Crippen LogP) is 0.356.